The molecule has 1 aromatic heterocycles. The summed E-state index contributed by atoms with van der Waals surface area (Å²) < 4.78 is 6.29. The predicted octanol–water partition coefficient (Wildman–Crippen LogP) is 3.14. The smallest absolute Gasteiger partial charge is 0.261 e. The second-order valence-electron chi connectivity index (χ2n) is 3.83. The maximum absolute atomic E-state index is 11.7. The number of hydrogen-bond acceptors (Lipinski definition) is 3. The van der Waals surface area contributed by atoms with Gasteiger partial charge in [-0.2, -0.15) is 0 Å². The molecule has 0 aliphatic carbocycles. The summed E-state index contributed by atoms with van der Waals surface area (Å²) in [7, 11) is 0. The monoisotopic (exact) mass is 317 g/mol. The van der Waals surface area contributed by atoms with Gasteiger partial charge in [0.1, 0.15) is 0 Å². The third-order valence-electron chi connectivity index (χ3n) is 1.96. The van der Waals surface area contributed by atoms with Gasteiger partial charge in [0.25, 0.3) is 5.91 Å². The summed E-state index contributed by atoms with van der Waals surface area (Å²) in [5.74, 6) is -0.0530. The lowest BCUT2D eigenvalue weighted by Gasteiger charge is -2.04. The summed E-state index contributed by atoms with van der Waals surface area (Å²) in [5, 5.41) is 2.81. The molecule has 0 unspecified atom stereocenters. The highest BCUT2D eigenvalue weighted by Crippen LogP contribution is 2.26. The molecule has 0 radical (unpaired) electrons. The predicted molar refractivity (Wildman–Crippen MR) is 74.7 cm³/mol. The Labute approximate surface area is 114 Å². The summed E-state index contributed by atoms with van der Waals surface area (Å²) in [6.07, 6.45) is 0. The molecular weight excluding hydrogens is 302 g/mol. The number of carbonyl (C=O) groups excluding carboxylic acids is 1. The Morgan fingerprint density at radius 1 is 1.65 bits per heavy atom. The Morgan fingerprint density at radius 3 is 2.88 bits per heavy atom. The summed E-state index contributed by atoms with van der Waals surface area (Å²) >= 11 is 4.84. The molecule has 0 fully saturated rings. The number of rotatable bonds is 6. The third kappa shape index (κ3) is 5.02. The summed E-state index contributed by atoms with van der Waals surface area (Å²) in [6.45, 7) is 9.16. The van der Waals surface area contributed by atoms with Gasteiger partial charge in [-0.1, -0.05) is 12.2 Å². The molecule has 1 rings (SSSR count). The first-order valence-electron chi connectivity index (χ1n) is 5.27. The molecule has 17 heavy (non-hydrogen) atoms. The Bertz CT molecular complexity index is 395. The van der Waals surface area contributed by atoms with E-state index in [2.05, 4.69) is 27.8 Å². The van der Waals surface area contributed by atoms with Gasteiger partial charge >= 0.3 is 0 Å². The van der Waals surface area contributed by atoms with Crippen molar-refractivity contribution in [3.8, 4) is 0 Å². The van der Waals surface area contributed by atoms with Crippen molar-refractivity contribution in [1.29, 1.82) is 0 Å². The lowest BCUT2D eigenvalue weighted by molar-refractivity contribution is 0.0930. The molecular formula is C12H16BrNO2S. The van der Waals surface area contributed by atoms with Crippen LogP contribution in [0.2, 0.25) is 0 Å². The second-order valence-corrected chi connectivity index (χ2v) is 6.20. The van der Waals surface area contributed by atoms with Gasteiger partial charge in [-0.25, -0.2) is 0 Å². The molecule has 0 aliphatic heterocycles. The van der Waals surface area contributed by atoms with E-state index >= 15 is 0 Å². The van der Waals surface area contributed by atoms with E-state index in [9.17, 15) is 4.79 Å². The Hall–Kier alpha value is -0.650. The molecule has 3 nitrogen and oxygen atoms in total. The van der Waals surface area contributed by atoms with Crippen LogP contribution in [-0.2, 0) is 4.74 Å². The largest absolute Gasteiger partial charge is 0.375 e. The van der Waals surface area contributed by atoms with Crippen LogP contribution >= 0.6 is 27.3 Å². The second kappa shape index (κ2) is 6.93. The van der Waals surface area contributed by atoms with Crippen LogP contribution in [0.3, 0.4) is 0 Å². The highest BCUT2D eigenvalue weighted by Gasteiger charge is 2.10. The number of nitrogens with one attached hydrogen (secondary N) is 1. The van der Waals surface area contributed by atoms with Crippen LogP contribution in [-0.4, -0.2) is 25.7 Å². The van der Waals surface area contributed by atoms with Crippen molar-refractivity contribution in [2.24, 2.45) is 0 Å². The molecule has 1 heterocycles. The van der Waals surface area contributed by atoms with Crippen molar-refractivity contribution in [2.75, 3.05) is 19.8 Å². The molecule has 1 amide bonds. The van der Waals surface area contributed by atoms with Crippen molar-refractivity contribution >= 4 is 33.2 Å². The van der Waals surface area contributed by atoms with Crippen molar-refractivity contribution in [3.63, 3.8) is 0 Å². The fourth-order valence-electron chi connectivity index (χ4n) is 1.14. The Balaban J connectivity index is 2.28. The average Bonchev–Trinajstić information content (AvgIpc) is 2.58. The minimum atomic E-state index is -0.0530. The van der Waals surface area contributed by atoms with Crippen molar-refractivity contribution in [3.05, 3.63) is 32.4 Å². The third-order valence-corrected chi connectivity index (χ3v) is 4.10. The van der Waals surface area contributed by atoms with Gasteiger partial charge in [0.2, 0.25) is 0 Å². The van der Waals surface area contributed by atoms with Crippen molar-refractivity contribution in [1.82, 2.24) is 5.32 Å². The number of carbonyl (C=O) groups is 1. The summed E-state index contributed by atoms with van der Waals surface area (Å²) in [4.78, 5) is 12.4. The molecule has 1 aromatic rings. The van der Waals surface area contributed by atoms with Crippen LogP contribution in [0.15, 0.2) is 22.0 Å². The van der Waals surface area contributed by atoms with Gasteiger partial charge < -0.3 is 10.1 Å². The van der Waals surface area contributed by atoms with Crippen LogP contribution < -0.4 is 5.32 Å². The Kier molecular flexibility index (Phi) is 5.88. The number of hydrogen-bond donors (Lipinski definition) is 1. The van der Waals surface area contributed by atoms with E-state index in [0.717, 1.165) is 14.9 Å². The topological polar surface area (TPSA) is 38.3 Å². The SMILES string of the molecule is C=C(C)COCCNC(=O)c1cc(C)c(Br)s1. The number of halogens is 1. The van der Waals surface area contributed by atoms with E-state index in [-0.39, 0.29) is 5.91 Å². The van der Waals surface area contributed by atoms with E-state index in [1.165, 1.54) is 11.3 Å². The van der Waals surface area contributed by atoms with E-state index < -0.39 is 0 Å². The van der Waals surface area contributed by atoms with E-state index in [1.54, 1.807) is 0 Å². The van der Waals surface area contributed by atoms with E-state index in [0.29, 0.717) is 24.6 Å². The highest BCUT2D eigenvalue weighted by molar-refractivity contribution is 9.11. The lowest BCUT2D eigenvalue weighted by atomic mass is 10.3. The van der Waals surface area contributed by atoms with Gasteiger partial charge in [0.15, 0.2) is 0 Å². The van der Waals surface area contributed by atoms with E-state index in [4.69, 9.17) is 4.74 Å². The van der Waals surface area contributed by atoms with Crippen molar-refractivity contribution in [2.45, 2.75) is 13.8 Å². The van der Waals surface area contributed by atoms with Gasteiger partial charge in [0.05, 0.1) is 21.9 Å². The van der Waals surface area contributed by atoms with Crippen molar-refractivity contribution < 1.29 is 9.53 Å². The number of thiophene rings is 1. The van der Waals surface area contributed by atoms with Gasteiger partial charge in [0, 0.05) is 6.54 Å². The Morgan fingerprint density at radius 2 is 2.35 bits per heavy atom. The minimum absolute atomic E-state index is 0.0530. The van der Waals surface area contributed by atoms with Crippen LogP contribution in [0.1, 0.15) is 22.2 Å². The number of ether oxygens (including phenoxy) is 1. The standard InChI is InChI=1S/C12H16BrNO2S/c1-8(2)7-16-5-4-14-12(15)10-6-9(3)11(13)17-10/h6H,1,4-5,7H2,2-3H3,(H,14,15). The molecule has 0 aliphatic rings. The zero-order valence-corrected chi connectivity index (χ0v) is 12.4. The first-order chi connectivity index (χ1) is 8.00. The molecule has 5 heteroatoms. The summed E-state index contributed by atoms with van der Waals surface area (Å²) in [5.41, 5.74) is 2.06. The summed E-state index contributed by atoms with van der Waals surface area (Å²) in [6, 6.07) is 1.87. The minimum Gasteiger partial charge on any atom is -0.375 e. The van der Waals surface area contributed by atoms with Crippen LogP contribution in [0.5, 0.6) is 0 Å². The zero-order chi connectivity index (χ0) is 12.8. The van der Waals surface area contributed by atoms with Gasteiger partial charge in [-0.15, -0.1) is 11.3 Å². The molecule has 94 valence electrons. The lowest BCUT2D eigenvalue weighted by Crippen LogP contribution is -2.26. The first-order valence-corrected chi connectivity index (χ1v) is 6.88. The van der Waals surface area contributed by atoms with Crippen LogP contribution in [0.4, 0.5) is 0 Å². The van der Waals surface area contributed by atoms with Crippen LogP contribution in [0.25, 0.3) is 0 Å². The van der Waals surface area contributed by atoms with Gasteiger partial charge in [-0.05, 0) is 41.4 Å². The average molecular weight is 318 g/mol. The molecule has 0 bridgehead atoms. The molecule has 0 saturated carbocycles. The quantitative estimate of drug-likeness (QED) is 0.646. The zero-order valence-electron chi connectivity index (χ0n) is 10.0. The molecule has 0 saturated heterocycles. The highest BCUT2D eigenvalue weighted by atomic mass is 79.9. The molecule has 0 spiro atoms. The molecule has 0 aromatic carbocycles. The number of aryl methyl sites for hydroxylation is 1. The maximum atomic E-state index is 11.7. The maximum Gasteiger partial charge on any atom is 0.261 e. The molecule has 0 atom stereocenters. The number of amides is 1. The molecule has 1 N–H and O–H groups in total. The van der Waals surface area contributed by atoms with Crippen LogP contribution in [0, 0.1) is 6.92 Å². The fourth-order valence-corrected chi connectivity index (χ4v) is 2.59. The van der Waals surface area contributed by atoms with E-state index in [1.807, 2.05) is 19.9 Å². The first kappa shape index (κ1) is 14.4. The van der Waals surface area contributed by atoms with Gasteiger partial charge in [-0.3, -0.25) is 4.79 Å². The fraction of sp³-hybridized carbons (Fsp3) is 0.417. The normalized spacial score (nSPS) is 10.3.